The van der Waals surface area contributed by atoms with Gasteiger partial charge in [0.2, 0.25) is 5.91 Å². The van der Waals surface area contributed by atoms with Gasteiger partial charge in [0.15, 0.2) is 0 Å². The van der Waals surface area contributed by atoms with E-state index >= 15 is 0 Å². The van der Waals surface area contributed by atoms with Gasteiger partial charge in [-0.25, -0.2) is 0 Å². The van der Waals surface area contributed by atoms with Crippen LogP contribution in [0.2, 0.25) is 0 Å². The first-order chi connectivity index (χ1) is 7.00. The van der Waals surface area contributed by atoms with Gasteiger partial charge in [0.05, 0.1) is 0 Å². The van der Waals surface area contributed by atoms with Gasteiger partial charge >= 0.3 is 0 Å². The van der Waals surface area contributed by atoms with E-state index in [9.17, 15) is 4.79 Å². The Bertz CT molecular complexity index is 202. The molecule has 1 atom stereocenters. The summed E-state index contributed by atoms with van der Waals surface area (Å²) >= 11 is 0. The van der Waals surface area contributed by atoms with E-state index in [1.54, 1.807) is 0 Å². The van der Waals surface area contributed by atoms with E-state index < -0.39 is 0 Å². The molecule has 88 valence electrons. The monoisotopic (exact) mass is 212 g/mol. The molecule has 0 radical (unpaired) electrons. The van der Waals surface area contributed by atoms with Crippen LogP contribution in [0.3, 0.4) is 0 Å². The smallest absolute Gasteiger partial charge is 0.225 e. The van der Waals surface area contributed by atoms with Crippen molar-refractivity contribution in [2.24, 2.45) is 11.3 Å². The largest absolute Gasteiger partial charge is 0.356 e. The van der Waals surface area contributed by atoms with E-state index in [-0.39, 0.29) is 11.3 Å². The fourth-order valence-electron chi connectivity index (χ4n) is 1.83. The Hall–Kier alpha value is -0.570. The fourth-order valence-corrected chi connectivity index (χ4v) is 1.83. The SMILES string of the molecule is CC(C)(C)C(=O)NCCC1CCCNC1. The van der Waals surface area contributed by atoms with E-state index in [0.29, 0.717) is 0 Å². The molecule has 1 rings (SSSR count). The van der Waals surface area contributed by atoms with Crippen LogP contribution in [0, 0.1) is 11.3 Å². The molecule has 1 amide bonds. The number of rotatable bonds is 3. The Morgan fingerprint density at radius 2 is 2.20 bits per heavy atom. The predicted molar refractivity (Wildman–Crippen MR) is 62.7 cm³/mol. The highest BCUT2D eigenvalue weighted by Crippen LogP contribution is 2.15. The van der Waals surface area contributed by atoms with Crippen molar-refractivity contribution < 1.29 is 4.79 Å². The van der Waals surface area contributed by atoms with Gasteiger partial charge in [-0.2, -0.15) is 0 Å². The molecule has 0 saturated carbocycles. The molecule has 2 N–H and O–H groups in total. The Labute approximate surface area is 93.0 Å². The topological polar surface area (TPSA) is 41.1 Å². The van der Waals surface area contributed by atoms with Crippen LogP contribution in [0.15, 0.2) is 0 Å². The quantitative estimate of drug-likeness (QED) is 0.745. The highest BCUT2D eigenvalue weighted by molar-refractivity contribution is 5.81. The zero-order valence-electron chi connectivity index (χ0n) is 10.2. The summed E-state index contributed by atoms with van der Waals surface area (Å²) in [5, 5.41) is 6.39. The van der Waals surface area contributed by atoms with Gasteiger partial charge in [0.25, 0.3) is 0 Å². The number of carbonyl (C=O) groups is 1. The lowest BCUT2D eigenvalue weighted by atomic mass is 9.94. The van der Waals surface area contributed by atoms with E-state index in [1.807, 2.05) is 20.8 Å². The van der Waals surface area contributed by atoms with Gasteiger partial charge in [-0.1, -0.05) is 20.8 Å². The number of carbonyl (C=O) groups excluding carboxylic acids is 1. The van der Waals surface area contributed by atoms with Crippen molar-refractivity contribution in [2.45, 2.75) is 40.0 Å². The predicted octanol–water partition coefficient (Wildman–Crippen LogP) is 1.54. The minimum Gasteiger partial charge on any atom is -0.356 e. The third kappa shape index (κ3) is 4.65. The standard InChI is InChI=1S/C12H24N2O/c1-12(2,3)11(15)14-8-6-10-5-4-7-13-9-10/h10,13H,4-9H2,1-3H3,(H,14,15). The minimum absolute atomic E-state index is 0.159. The number of piperidine rings is 1. The molecule has 3 heteroatoms. The Balaban J connectivity index is 2.12. The molecule has 0 bridgehead atoms. The van der Waals surface area contributed by atoms with Crippen molar-refractivity contribution >= 4 is 5.91 Å². The number of hydrogen-bond donors (Lipinski definition) is 2. The molecule has 1 unspecified atom stereocenters. The zero-order valence-corrected chi connectivity index (χ0v) is 10.2. The molecular weight excluding hydrogens is 188 g/mol. The first-order valence-electron chi connectivity index (χ1n) is 5.99. The lowest BCUT2D eigenvalue weighted by molar-refractivity contribution is -0.128. The normalized spacial score (nSPS) is 22.5. The summed E-state index contributed by atoms with van der Waals surface area (Å²) in [6, 6.07) is 0. The third-order valence-electron chi connectivity index (χ3n) is 2.92. The molecule has 0 aliphatic carbocycles. The average molecular weight is 212 g/mol. The molecule has 1 aliphatic heterocycles. The van der Waals surface area contributed by atoms with Crippen molar-refractivity contribution in [3.63, 3.8) is 0 Å². The first-order valence-corrected chi connectivity index (χ1v) is 5.99. The molecule has 0 aromatic carbocycles. The lowest BCUT2D eigenvalue weighted by Gasteiger charge is -2.24. The summed E-state index contributed by atoms with van der Waals surface area (Å²) in [5.74, 6) is 0.908. The van der Waals surface area contributed by atoms with E-state index in [4.69, 9.17) is 0 Å². The maximum atomic E-state index is 11.6. The summed E-state index contributed by atoms with van der Waals surface area (Å²) in [6.45, 7) is 8.94. The lowest BCUT2D eigenvalue weighted by Crippen LogP contribution is -2.37. The van der Waals surface area contributed by atoms with Crippen molar-refractivity contribution in [2.75, 3.05) is 19.6 Å². The molecule has 1 fully saturated rings. The number of nitrogens with one attached hydrogen (secondary N) is 2. The van der Waals surface area contributed by atoms with Crippen molar-refractivity contribution in [3.8, 4) is 0 Å². The summed E-state index contributed by atoms with van der Waals surface area (Å²) in [6.07, 6.45) is 3.69. The van der Waals surface area contributed by atoms with Crippen LogP contribution in [0.4, 0.5) is 0 Å². The second-order valence-electron chi connectivity index (χ2n) is 5.51. The number of hydrogen-bond acceptors (Lipinski definition) is 2. The maximum Gasteiger partial charge on any atom is 0.225 e. The van der Waals surface area contributed by atoms with E-state index in [2.05, 4.69) is 10.6 Å². The fraction of sp³-hybridized carbons (Fsp3) is 0.917. The highest BCUT2D eigenvalue weighted by Gasteiger charge is 2.21. The zero-order chi connectivity index (χ0) is 11.3. The molecule has 0 aromatic heterocycles. The van der Waals surface area contributed by atoms with Crippen LogP contribution >= 0.6 is 0 Å². The van der Waals surface area contributed by atoms with Gasteiger partial charge in [-0.15, -0.1) is 0 Å². The Morgan fingerprint density at radius 1 is 1.47 bits per heavy atom. The highest BCUT2D eigenvalue weighted by atomic mass is 16.2. The third-order valence-corrected chi connectivity index (χ3v) is 2.92. The molecule has 0 aromatic rings. The van der Waals surface area contributed by atoms with Gasteiger partial charge in [0, 0.05) is 12.0 Å². The molecule has 1 heterocycles. The van der Waals surface area contributed by atoms with Crippen molar-refractivity contribution in [1.82, 2.24) is 10.6 Å². The van der Waals surface area contributed by atoms with E-state index in [1.165, 1.54) is 12.8 Å². The van der Waals surface area contributed by atoms with Crippen LogP contribution in [0.5, 0.6) is 0 Å². The first kappa shape index (κ1) is 12.5. The van der Waals surface area contributed by atoms with Gasteiger partial charge in [-0.3, -0.25) is 4.79 Å². The summed E-state index contributed by atoms with van der Waals surface area (Å²) < 4.78 is 0. The van der Waals surface area contributed by atoms with Gasteiger partial charge in [0.1, 0.15) is 0 Å². The molecule has 0 spiro atoms. The molecule has 1 saturated heterocycles. The Morgan fingerprint density at radius 3 is 2.73 bits per heavy atom. The average Bonchev–Trinajstić information content (AvgIpc) is 2.18. The summed E-state index contributed by atoms with van der Waals surface area (Å²) in [5.41, 5.74) is -0.259. The second kappa shape index (κ2) is 5.50. The van der Waals surface area contributed by atoms with Gasteiger partial charge in [-0.05, 0) is 38.3 Å². The van der Waals surface area contributed by atoms with Crippen LogP contribution in [-0.4, -0.2) is 25.5 Å². The van der Waals surface area contributed by atoms with Crippen LogP contribution < -0.4 is 10.6 Å². The number of amides is 1. The molecule has 1 aliphatic rings. The maximum absolute atomic E-state index is 11.6. The van der Waals surface area contributed by atoms with Crippen LogP contribution in [0.25, 0.3) is 0 Å². The molecule has 3 nitrogen and oxygen atoms in total. The summed E-state index contributed by atoms with van der Waals surface area (Å²) in [4.78, 5) is 11.6. The van der Waals surface area contributed by atoms with Crippen molar-refractivity contribution in [3.05, 3.63) is 0 Å². The van der Waals surface area contributed by atoms with Crippen LogP contribution in [-0.2, 0) is 4.79 Å². The summed E-state index contributed by atoms with van der Waals surface area (Å²) in [7, 11) is 0. The molecular formula is C12H24N2O. The second-order valence-corrected chi connectivity index (χ2v) is 5.51. The van der Waals surface area contributed by atoms with Gasteiger partial charge < -0.3 is 10.6 Å². The molecule has 15 heavy (non-hydrogen) atoms. The van der Waals surface area contributed by atoms with Crippen LogP contribution in [0.1, 0.15) is 40.0 Å². The minimum atomic E-state index is -0.259. The van der Waals surface area contributed by atoms with E-state index in [0.717, 1.165) is 32.0 Å². The van der Waals surface area contributed by atoms with Crippen molar-refractivity contribution in [1.29, 1.82) is 0 Å². The Kier molecular flexibility index (Phi) is 4.58.